The van der Waals surface area contributed by atoms with E-state index in [0.29, 0.717) is 19.5 Å². The van der Waals surface area contributed by atoms with E-state index in [-0.39, 0.29) is 12.1 Å². The fourth-order valence-electron chi connectivity index (χ4n) is 2.01. The van der Waals surface area contributed by atoms with Crippen molar-refractivity contribution in [3.8, 4) is 0 Å². The maximum atomic E-state index is 12.2. The predicted molar refractivity (Wildman–Crippen MR) is 76.4 cm³/mol. The van der Waals surface area contributed by atoms with Gasteiger partial charge in [0.25, 0.3) is 0 Å². The summed E-state index contributed by atoms with van der Waals surface area (Å²) in [5, 5.41) is 0. The molecular weight excluding hydrogens is 258 g/mol. The molecule has 0 radical (unpaired) electrons. The summed E-state index contributed by atoms with van der Waals surface area (Å²) in [5.74, 6) is -0.254. The first kappa shape index (κ1) is 16.8. The van der Waals surface area contributed by atoms with Gasteiger partial charge in [-0.25, -0.2) is 4.79 Å². The second-order valence-corrected chi connectivity index (χ2v) is 7.71. The van der Waals surface area contributed by atoms with Crippen LogP contribution in [0.3, 0.4) is 0 Å². The third-order valence-electron chi connectivity index (χ3n) is 3.02. The van der Waals surface area contributed by atoms with E-state index in [2.05, 4.69) is 0 Å². The Morgan fingerprint density at radius 1 is 1.00 bits per heavy atom. The molecule has 5 nitrogen and oxygen atoms in total. The molecule has 0 bridgehead atoms. The Labute approximate surface area is 121 Å². The standard InChI is InChI=1S/C15H27NO4/c1-13(2,3)19-11(17)15(7)8-9-16(10-15)12(18)20-14(4,5)6/h8-10H2,1-7H3/t15-/m0/s1. The van der Waals surface area contributed by atoms with Crippen LogP contribution in [-0.2, 0) is 14.3 Å². The van der Waals surface area contributed by atoms with Gasteiger partial charge in [0.05, 0.1) is 5.41 Å². The lowest BCUT2D eigenvalue weighted by Gasteiger charge is -2.29. The number of esters is 1. The molecule has 0 aromatic carbocycles. The summed E-state index contributed by atoms with van der Waals surface area (Å²) >= 11 is 0. The summed E-state index contributed by atoms with van der Waals surface area (Å²) < 4.78 is 10.8. The maximum Gasteiger partial charge on any atom is 0.410 e. The smallest absolute Gasteiger partial charge is 0.410 e. The van der Waals surface area contributed by atoms with Crippen LogP contribution in [0.25, 0.3) is 0 Å². The van der Waals surface area contributed by atoms with Crippen molar-refractivity contribution in [3.63, 3.8) is 0 Å². The summed E-state index contributed by atoms with van der Waals surface area (Å²) in [6.07, 6.45) is 0.228. The van der Waals surface area contributed by atoms with E-state index in [9.17, 15) is 9.59 Å². The number of amides is 1. The first-order chi connectivity index (χ1) is 8.82. The molecule has 0 spiro atoms. The van der Waals surface area contributed by atoms with Crippen molar-refractivity contribution in [1.29, 1.82) is 0 Å². The van der Waals surface area contributed by atoms with Gasteiger partial charge in [0.1, 0.15) is 11.2 Å². The van der Waals surface area contributed by atoms with Gasteiger partial charge in [0.2, 0.25) is 0 Å². The van der Waals surface area contributed by atoms with Crippen molar-refractivity contribution in [2.75, 3.05) is 13.1 Å². The molecule has 1 heterocycles. The summed E-state index contributed by atoms with van der Waals surface area (Å²) in [6, 6.07) is 0. The van der Waals surface area contributed by atoms with Crippen molar-refractivity contribution in [2.45, 2.75) is 66.1 Å². The lowest BCUT2D eigenvalue weighted by atomic mass is 9.90. The first-order valence-corrected chi connectivity index (χ1v) is 7.04. The molecule has 0 unspecified atom stereocenters. The average molecular weight is 285 g/mol. The van der Waals surface area contributed by atoms with Gasteiger partial charge in [-0.2, -0.15) is 0 Å². The zero-order chi connectivity index (χ0) is 15.8. The van der Waals surface area contributed by atoms with E-state index in [1.165, 1.54) is 0 Å². The molecule has 116 valence electrons. The van der Waals surface area contributed by atoms with Crippen LogP contribution < -0.4 is 0 Å². The van der Waals surface area contributed by atoms with Crippen LogP contribution in [0, 0.1) is 5.41 Å². The van der Waals surface area contributed by atoms with Crippen molar-refractivity contribution in [2.24, 2.45) is 5.41 Å². The van der Waals surface area contributed by atoms with E-state index in [1.54, 1.807) is 4.90 Å². The Balaban J connectivity index is 2.66. The van der Waals surface area contributed by atoms with E-state index < -0.39 is 16.6 Å². The van der Waals surface area contributed by atoms with Crippen LogP contribution in [0.15, 0.2) is 0 Å². The Morgan fingerprint density at radius 2 is 1.50 bits per heavy atom. The number of nitrogens with zero attached hydrogens (tertiary/aromatic N) is 1. The van der Waals surface area contributed by atoms with Crippen molar-refractivity contribution in [3.05, 3.63) is 0 Å². The van der Waals surface area contributed by atoms with Gasteiger partial charge in [0.15, 0.2) is 0 Å². The third-order valence-corrected chi connectivity index (χ3v) is 3.02. The highest BCUT2D eigenvalue weighted by molar-refractivity contribution is 5.79. The molecule has 0 aromatic heterocycles. The Kier molecular flexibility index (Phi) is 4.42. The van der Waals surface area contributed by atoms with Crippen LogP contribution in [-0.4, -0.2) is 41.3 Å². The highest BCUT2D eigenvalue weighted by atomic mass is 16.6. The van der Waals surface area contributed by atoms with Gasteiger partial charge in [-0.1, -0.05) is 0 Å². The zero-order valence-corrected chi connectivity index (χ0v) is 13.7. The zero-order valence-electron chi connectivity index (χ0n) is 13.7. The molecule has 1 aliphatic heterocycles. The van der Waals surface area contributed by atoms with Crippen LogP contribution in [0.1, 0.15) is 54.9 Å². The summed E-state index contributed by atoms with van der Waals surface area (Å²) in [7, 11) is 0. The highest BCUT2D eigenvalue weighted by Crippen LogP contribution is 2.33. The summed E-state index contributed by atoms with van der Waals surface area (Å²) in [4.78, 5) is 25.8. The highest BCUT2D eigenvalue weighted by Gasteiger charge is 2.45. The molecule has 1 aliphatic rings. The van der Waals surface area contributed by atoms with E-state index >= 15 is 0 Å². The molecular formula is C15H27NO4. The minimum atomic E-state index is -0.649. The van der Waals surface area contributed by atoms with Gasteiger partial charge in [0, 0.05) is 13.1 Å². The fraction of sp³-hybridized carbons (Fsp3) is 0.867. The molecule has 0 N–H and O–H groups in total. The molecule has 1 amide bonds. The molecule has 1 rings (SSSR count). The number of carbonyl (C=O) groups is 2. The lowest BCUT2D eigenvalue weighted by molar-refractivity contribution is -0.165. The summed E-state index contributed by atoms with van der Waals surface area (Å²) in [5.41, 5.74) is -1.69. The molecule has 5 heteroatoms. The number of hydrogen-bond acceptors (Lipinski definition) is 4. The van der Waals surface area contributed by atoms with Crippen LogP contribution in [0.2, 0.25) is 0 Å². The quantitative estimate of drug-likeness (QED) is 0.695. The molecule has 20 heavy (non-hydrogen) atoms. The van der Waals surface area contributed by atoms with Crippen LogP contribution >= 0.6 is 0 Å². The van der Waals surface area contributed by atoms with E-state index in [4.69, 9.17) is 9.47 Å². The monoisotopic (exact) mass is 285 g/mol. The van der Waals surface area contributed by atoms with E-state index in [0.717, 1.165) is 0 Å². The lowest BCUT2D eigenvalue weighted by Crippen LogP contribution is -2.40. The van der Waals surface area contributed by atoms with Gasteiger partial charge < -0.3 is 14.4 Å². The second kappa shape index (κ2) is 5.26. The topological polar surface area (TPSA) is 55.8 Å². The minimum absolute atomic E-state index is 0.254. The molecule has 0 saturated carbocycles. The maximum absolute atomic E-state index is 12.2. The normalized spacial score (nSPS) is 23.6. The molecule has 1 fully saturated rings. The molecule has 1 saturated heterocycles. The molecule has 0 aliphatic carbocycles. The Morgan fingerprint density at radius 3 is 1.95 bits per heavy atom. The number of ether oxygens (including phenoxy) is 2. The average Bonchev–Trinajstić information content (AvgIpc) is 2.57. The Hall–Kier alpha value is -1.26. The minimum Gasteiger partial charge on any atom is -0.459 e. The van der Waals surface area contributed by atoms with Crippen molar-refractivity contribution >= 4 is 12.1 Å². The second-order valence-electron chi connectivity index (χ2n) is 7.71. The third kappa shape index (κ3) is 4.69. The predicted octanol–water partition coefficient (Wildman–Crippen LogP) is 2.98. The van der Waals surface area contributed by atoms with Crippen molar-refractivity contribution in [1.82, 2.24) is 4.90 Å². The first-order valence-electron chi connectivity index (χ1n) is 7.04. The van der Waals surface area contributed by atoms with Gasteiger partial charge in [-0.15, -0.1) is 0 Å². The number of rotatable bonds is 1. The molecule has 1 atom stereocenters. The largest absolute Gasteiger partial charge is 0.459 e. The van der Waals surface area contributed by atoms with Gasteiger partial charge in [-0.3, -0.25) is 4.79 Å². The van der Waals surface area contributed by atoms with Gasteiger partial charge in [-0.05, 0) is 54.9 Å². The fourth-order valence-corrected chi connectivity index (χ4v) is 2.01. The molecule has 0 aromatic rings. The Bertz CT molecular complexity index is 392. The number of hydrogen-bond donors (Lipinski definition) is 0. The van der Waals surface area contributed by atoms with Crippen LogP contribution in [0.5, 0.6) is 0 Å². The SMILES string of the molecule is CC(C)(C)OC(=O)N1CC[C@](C)(C(=O)OC(C)(C)C)C1. The van der Waals surface area contributed by atoms with Gasteiger partial charge >= 0.3 is 12.1 Å². The summed E-state index contributed by atoms with van der Waals surface area (Å²) in [6.45, 7) is 13.7. The van der Waals surface area contributed by atoms with E-state index in [1.807, 2.05) is 48.5 Å². The van der Waals surface area contributed by atoms with Crippen LogP contribution in [0.4, 0.5) is 4.79 Å². The number of likely N-dealkylation sites (tertiary alicyclic amines) is 1. The van der Waals surface area contributed by atoms with Crippen molar-refractivity contribution < 1.29 is 19.1 Å². The number of carbonyl (C=O) groups excluding carboxylic acids is 2.